The molecule has 0 bridgehead atoms. The normalized spacial score (nSPS) is 17.9. The molecule has 1 atom stereocenters. The molecule has 3 aromatic carbocycles. The average molecular weight is 438 g/mol. The van der Waals surface area contributed by atoms with Crippen molar-refractivity contribution in [3.05, 3.63) is 78.4 Å². The highest BCUT2D eigenvalue weighted by molar-refractivity contribution is 7.89. The van der Waals surface area contributed by atoms with Crippen LogP contribution in [0.25, 0.3) is 10.8 Å². The Bertz CT molecular complexity index is 1180. The van der Waals surface area contributed by atoms with E-state index in [1.165, 1.54) is 7.05 Å². The molecule has 162 valence electrons. The number of hydrogen-bond acceptors (Lipinski definition) is 4. The third-order valence-electron chi connectivity index (χ3n) is 5.88. The average Bonchev–Trinajstić information content (AvgIpc) is 2.79. The first-order valence-corrected chi connectivity index (χ1v) is 11.8. The van der Waals surface area contributed by atoms with E-state index in [4.69, 9.17) is 0 Å². The molecule has 1 heterocycles. The summed E-state index contributed by atoms with van der Waals surface area (Å²) in [6.45, 7) is 1.86. The van der Waals surface area contributed by atoms with Crippen LogP contribution in [-0.4, -0.2) is 68.7 Å². The summed E-state index contributed by atoms with van der Waals surface area (Å²) in [5.74, 6) is -0.186. The van der Waals surface area contributed by atoms with Crippen LogP contribution in [0.2, 0.25) is 0 Å². The van der Waals surface area contributed by atoms with Crippen molar-refractivity contribution in [2.24, 2.45) is 0 Å². The van der Waals surface area contributed by atoms with E-state index in [-0.39, 0.29) is 23.4 Å². The number of rotatable bonds is 5. The van der Waals surface area contributed by atoms with Crippen molar-refractivity contribution in [3.8, 4) is 0 Å². The summed E-state index contributed by atoms with van der Waals surface area (Å²) in [4.78, 5) is 17.4. The molecular weight excluding hydrogens is 410 g/mol. The van der Waals surface area contributed by atoms with Crippen molar-refractivity contribution in [2.45, 2.75) is 10.9 Å². The van der Waals surface area contributed by atoms with Gasteiger partial charge in [0.1, 0.15) is 0 Å². The second kappa shape index (κ2) is 8.78. The zero-order chi connectivity index (χ0) is 22.0. The van der Waals surface area contributed by atoms with Gasteiger partial charge in [0.05, 0.1) is 17.5 Å². The number of amides is 1. The van der Waals surface area contributed by atoms with E-state index in [9.17, 15) is 13.2 Å². The molecule has 1 amide bonds. The van der Waals surface area contributed by atoms with Gasteiger partial charge in [-0.25, -0.2) is 8.42 Å². The molecule has 31 heavy (non-hydrogen) atoms. The minimum atomic E-state index is -3.78. The maximum atomic E-state index is 13.2. The Hall–Kier alpha value is -2.74. The number of benzene rings is 3. The van der Waals surface area contributed by atoms with E-state index in [1.807, 2.05) is 66.5 Å². The van der Waals surface area contributed by atoms with Gasteiger partial charge in [-0.05, 0) is 35.5 Å². The summed E-state index contributed by atoms with van der Waals surface area (Å²) >= 11 is 0. The van der Waals surface area contributed by atoms with E-state index < -0.39 is 10.0 Å². The first kappa shape index (κ1) is 21.5. The fraction of sp³-hybridized carbons (Fsp3) is 0.292. The van der Waals surface area contributed by atoms with E-state index in [2.05, 4.69) is 4.90 Å². The maximum absolute atomic E-state index is 13.2. The van der Waals surface area contributed by atoms with Crippen LogP contribution in [-0.2, 0) is 14.8 Å². The second-order valence-electron chi connectivity index (χ2n) is 8.05. The molecule has 7 heteroatoms. The largest absolute Gasteiger partial charge is 0.332 e. The lowest BCUT2D eigenvalue weighted by atomic mass is 10.0. The minimum Gasteiger partial charge on any atom is -0.332 e. The number of piperazine rings is 1. The van der Waals surface area contributed by atoms with Crippen molar-refractivity contribution >= 4 is 26.7 Å². The van der Waals surface area contributed by atoms with Gasteiger partial charge in [-0.3, -0.25) is 4.79 Å². The van der Waals surface area contributed by atoms with Crippen molar-refractivity contribution in [2.75, 3.05) is 40.3 Å². The number of fused-ring (bicyclic) bond motifs is 1. The summed E-state index contributed by atoms with van der Waals surface area (Å²) in [5.41, 5.74) is 1.06. The lowest BCUT2D eigenvalue weighted by Gasteiger charge is -2.40. The molecule has 0 aliphatic carbocycles. The molecule has 0 saturated carbocycles. The van der Waals surface area contributed by atoms with Crippen LogP contribution in [0.15, 0.2) is 77.7 Å². The molecule has 1 fully saturated rings. The Balaban J connectivity index is 1.54. The van der Waals surface area contributed by atoms with Crippen LogP contribution in [0.5, 0.6) is 0 Å². The van der Waals surface area contributed by atoms with Crippen molar-refractivity contribution in [3.63, 3.8) is 0 Å². The molecular formula is C24H27N3O3S. The predicted molar refractivity (Wildman–Crippen MR) is 122 cm³/mol. The molecule has 1 unspecified atom stereocenters. The summed E-state index contributed by atoms with van der Waals surface area (Å²) < 4.78 is 27.4. The van der Waals surface area contributed by atoms with Crippen molar-refractivity contribution in [1.29, 1.82) is 0 Å². The number of likely N-dealkylation sites (N-methyl/N-ethyl adjacent to an activating group) is 2. The van der Waals surface area contributed by atoms with Gasteiger partial charge in [-0.2, -0.15) is 4.31 Å². The van der Waals surface area contributed by atoms with Gasteiger partial charge in [-0.1, -0.05) is 60.7 Å². The molecule has 0 radical (unpaired) electrons. The van der Waals surface area contributed by atoms with E-state index in [0.717, 1.165) is 33.7 Å². The Morgan fingerprint density at radius 1 is 0.968 bits per heavy atom. The van der Waals surface area contributed by atoms with Crippen LogP contribution < -0.4 is 0 Å². The van der Waals surface area contributed by atoms with Crippen molar-refractivity contribution in [1.82, 2.24) is 14.1 Å². The van der Waals surface area contributed by atoms with Crippen LogP contribution in [0.4, 0.5) is 0 Å². The standard InChI is InChI=1S/C24H27N3O3S/c1-25-14-15-27(23(17-25)20-9-4-3-5-10-20)24(28)18-26(2)31(29,30)22-13-12-19-8-6-7-11-21(19)16-22/h3-13,16,23H,14-15,17-18H2,1-2H3. The van der Waals surface area contributed by atoms with Gasteiger partial charge in [-0.15, -0.1) is 0 Å². The van der Waals surface area contributed by atoms with Gasteiger partial charge in [0.2, 0.25) is 15.9 Å². The molecule has 6 nitrogen and oxygen atoms in total. The molecule has 0 N–H and O–H groups in total. The first-order valence-electron chi connectivity index (χ1n) is 10.3. The number of carbonyl (C=O) groups is 1. The fourth-order valence-corrected chi connectivity index (χ4v) is 5.21. The zero-order valence-corrected chi connectivity index (χ0v) is 18.6. The van der Waals surface area contributed by atoms with Crippen LogP contribution >= 0.6 is 0 Å². The van der Waals surface area contributed by atoms with Gasteiger partial charge in [0, 0.05) is 26.7 Å². The Morgan fingerprint density at radius 3 is 2.39 bits per heavy atom. The highest BCUT2D eigenvalue weighted by atomic mass is 32.2. The lowest BCUT2D eigenvalue weighted by molar-refractivity contribution is -0.136. The Labute approximate surface area is 183 Å². The quantitative estimate of drug-likeness (QED) is 0.616. The first-order chi connectivity index (χ1) is 14.9. The van der Waals surface area contributed by atoms with Gasteiger partial charge in [0.15, 0.2) is 0 Å². The van der Waals surface area contributed by atoms with Gasteiger partial charge < -0.3 is 9.80 Å². The molecule has 0 spiro atoms. The summed E-state index contributed by atoms with van der Waals surface area (Å²) in [5, 5.41) is 1.83. The van der Waals surface area contributed by atoms with Gasteiger partial charge >= 0.3 is 0 Å². The SMILES string of the molecule is CN1CCN(C(=O)CN(C)S(=O)(=O)c2ccc3ccccc3c2)C(c2ccccc2)C1. The highest BCUT2D eigenvalue weighted by Gasteiger charge is 2.32. The summed E-state index contributed by atoms with van der Waals surface area (Å²) in [7, 11) is -0.278. The maximum Gasteiger partial charge on any atom is 0.243 e. The van der Waals surface area contributed by atoms with Crippen molar-refractivity contribution < 1.29 is 13.2 Å². The highest BCUT2D eigenvalue weighted by Crippen LogP contribution is 2.26. The lowest BCUT2D eigenvalue weighted by Crippen LogP contribution is -2.52. The monoisotopic (exact) mass is 437 g/mol. The number of hydrogen-bond donors (Lipinski definition) is 0. The third kappa shape index (κ3) is 4.49. The van der Waals surface area contributed by atoms with Gasteiger partial charge in [0.25, 0.3) is 0 Å². The molecule has 3 aromatic rings. The third-order valence-corrected chi connectivity index (χ3v) is 7.67. The van der Waals surface area contributed by atoms with Crippen LogP contribution in [0.3, 0.4) is 0 Å². The van der Waals surface area contributed by atoms with Crippen LogP contribution in [0.1, 0.15) is 11.6 Å². The Morgan fingerprint density at radius 2 is 1.65 bits per heavy atom. The molecule has 1 aliphatic heterocycles. The summed E-state index contributed by atoms with van der Waals surface area (Å²) in [6.07, 6.45) is 0. The summed E-state index contributed by atoms with van der Waals surface area (Å²) in [6, 6.07) is 22.5. The number of carbonyl (C=O) groups excluding carboxylic acids is 1. The molecule has 4 rings (SSSR count). The topological polar surface area (TPSA) is 60.9 Å². The Kier molecular flexibility index (Phi) is 6.09. The molecule has 1 saturated heterocycles. The predicted octanol–water partition coefficient (Wildman–Crippen LogP) is 2.98. The number of nitrogens with zero attached hydrogens (tertiary/aromatic N) is 3. The number of sulfonamides is 1. The smallest absolute Gasteiger partial charge is 0.243 e. The zero-order valence-electron chi connectivity index (χ0n) is 17.8. The van der Waals surface area contributed by atoms with Crippen LogP contribution in [0, 0.1) is 0 Å². The minimum absolute atomic E-state index is 0.0933. The molecule has 1 aliphatic rings. The fourth-order valence-electron chi connectivity index (χ4n) is 4.05. The van der Waals surface area contributed by atoms with E-state index >= 15 is 0 Å². The molecule has 0 aromatic heterocycles. The van der Waals surface area contributed by atoms with E-state index in [0.29, 0.717) is 6.54 Å². The second-order valence-corrected chi connectivity index (χ2v) is 10.1. The van der Waals surface area contributed by atoms with E-state index in [1.54, 1.807) is 18.2 Å².